The second-order valence-electron chi connectivity index (χ2n) is 7.53. The molecule has 0 aromatic heterocycles. The van der Waals surface area contributed by atoms with Gasteiger partial charge in [0.15, 0.2) is 11.6 Å². The number of carbonyl (C=O) groups excluding carboxylic acids is 2. The van der Waals surface area contributed by atoms with Gasteiger partial charge in [0.25, 0.3) is 0 Å². The van der Waals surface area contributed by atoms with E-state index in [2.05, 4.69) is 0 Å². The molecule has 0 bridgehead atoms. The Hall–Kier alpha value is -2.10. The van der Waals surface area contributed by atoms with Crippen LogP contribution in [-0.2, 0) is 9.59 Å². The Kier molecular flexibility index (Phi) is 7.40. The normalized spacial score (nSPS) is 17.9. The fourth-order valence-electron chi connectivity index (χ4n) is 2.72. The molecule has 0 heterocycles. The van der Waals surface area contributed by atoms with Crippen LogP contribution in [-0.4, -0.2) is 21.8 Å². The highest BCUT2D eigenvalue weighted by atomic mass is 16.3. The van der Waals surface area contributed by atoms with E-state index in [0.717, 1.165) is 11.1 Å². The molecule has 2 N–H and O–H groups in total. The smallest absolute Gasteiger partial charge is 0.181 e. The second-order valence-corrected chi connectivity index (χ2v) is 7.53. The molecule has 4 nitrogen and oxygen atoms in total. The van der Waals surface area contributed by atoms with E-state index < -0.39 is 11.7 Å². The van der Waals surface area contributed by atoms with Gasteiger partial charge in [-0.05, 0) is 46.5 Å². The van der Waals surface area contributed by atoms with Gasteiger partial charge in [0.2, 0.25) is 0 Å². The van der Waals surface area contributed by atoms with Crippen LogP contribution in [0, 0.1) is 11.8 Å². The van der Waals surface area contributed by atoms with Gasteiger partial charge < -0.3 is 10.2 Å². The molecule has 0 aliphatic heterocycles. The van der Waals surface area contributed by atoms with Crippen LogP contribution < -0.4 is 0 Å². The minimum Gasteiger partial charge on any atom is -0.511 e. The maximum atomic E-state index is 12.8. The summed E-state index contributed by atoms with van der Waals surface area (Å²) in [5, 5.41) is 21.1. The number of ketones is 2. The third-order valence-corrected chi connectivity index (χ3v) is 4.07. The van der Waals surface area contributed by atoms with Gasteiger partial charge in [-0.3, -0.25) is 9.59 Å². The van der Waals surface area contributed by atoms with Crippen LogP contribution in [0.3, 0.4) is 0 Å². The molecule has 0 radical (unpaired) electrons. The summed E-state index contributed by atoms with van der Waals surface area (Å²) in [6, 6.07) is 0. The Morgan fingerprint density at radius 1 is 1.08 bits per heavy atom. The van der Waals surface area contributed by atoms with Crippen LogP contribution in [0.5, 0.6) is 0 Å². The van der Waals surface area contributed by atoms with E-state index >= 15 is 0 Å². The fraction of sp³-hybridized carbons (Fsp3) is 0.524. The third-order valence-electron chi connectivity index (χ3n) is 4.07. The SMILES string of the molecule is CC(C)=CCC1=C(O)[C@H](CC=C(C)C)C(=O)C(C(=O)CC(C)C)=C1O. The van der Waals surface area contributed by atoms with Crippen molar-refractivity contribution in [1.82, 2.24) is 0 Å². The Balaban J connectivity index is 3.41. The van der Waals surface area contributed by atoms with Crippen LogP contribution in [0.1, 0.15) is 60.8 Å². The molecule has 25 heavy (non-hydrogen) atoms. The van der Waals surface area contributed by atoms with Crippen LogP contribution in [0.2, 0.25) is 0 Å². The number of carbonyl (C=O) groups is 2. The minimum absolute atomic E-state index is 0.0811. The molecule has 0 aromatic rings. The van der Waals surface area contributed by atoms with E-state index in [1.54, 1.807) is 0 Å². The van der Waals surface area contributed by atoms with Crippen LogP contribution in [0.15, 0.2) is 46.0 Å². The average Bonchev–Trinajstić information content (AvgIpc) is 2.45. The summed E-state index contributed by atoms with van der Waals surface area (Å²) in [4.78, 5) is 25.3. The summed E-state index contributed by atoms with van der Waals surface area (Å²) in [6.07, 6.45) is 4.52. The highest BCUT2D eigenvalue weighted by Crippen LogP contribution is 2.35. The van der Waals surface area contributed by atoms with Crippen molar-refractivity contribution in [1.29, 1.82) is 0 Å². The molecule has 0 unspecified atom stereocenters. The highest BCUT2D eigenvalue weighted by Gasteiger charge is 2.38. The lowest BCUT2D eigenvalue weighted by atomic mass is 9.80. The van der Waals surface area contributed by atoms with Crippen LogP contribution in [0.25, 0.3) is 0 Å². The van der Waals surface area contributed by atoms with E-state index in [9.17, 15) is 19.8 Å². The molecule has 0 saturated heterocycles. The second kappa shape index (κ2) is 8.84. The lowest BCUT2D eigenvalue weighted by Crippen LogP contribution is -2.30. The van der Waals surface area contributed by atoms with Gasteiger partial charge in [-0.15, -0.1) is 0 Å². The van der Waals surface area contributed by atoms with E-state index in [1.807, 2.05) is 53.7 Å². The van der Waals surface area contributed by atoms with Gasteiger partial charge in [0.1, 0.15) is 17.1 Å². The zero-order valence-electron chi connectivity index (χ0n) is 16.1. The Morgan fingerprint density at radius 2 is 1.64 bits per heavy atom. The molecule has 0 amide bonds. The van der Waals surface area contributed by atoms with Gasteiger partial charge in [0.05, 0.1) is 5.92 Å². The molecule has 1 aliphatic carbocycles. The number of Topliss-reactive ketones (excluding diaryl/α,β-unsaturated/α-hetero) is 2. The van der Waals surface area contributed by atoms with Crippen LogP contribution in [0.4, 0.5) is 0 Å². The number of hydrogen-bond donors (Lipinski definition) is 2. The first kappa shape index (κ1) is 20.9. The first-order valence-electron chi connectivity index (χ1n) is 8.75. The maximum Gasteiger partial charge on any atom is 0.181 e. The monoisotopic (exact) mass is 346 g/mol. The summed E-state index contributed by atoms with van der Waals surface area (Å²) in [6.45, 7) is 11.4. The van der Waals surface area contributed by atoms with Gasteiger partial charge in [-0.2, -0.15) is 0 Å². The van der Waals surface area contributed by atoms with Gasteiger partial charge in [-0.1, -0.05) is 37.1 Å². The van der Waals surface area contributed by atoms with Crippen molar-refractivity contribution >= 4 is 11.6 Å². The summed E-state index contributed by atoms with van der Waals surface area (Å²) in [7, 11) is 0. The van der Waals surface area contributed by atoms with Gasteiger partial charge in [0, 0.05) is 12.0 Å². The number of aliphatic hydroxyl groups is 2. The van der Waals surface area contributed by atoms with E-state index in [0.29, 0.717) is 6.42 Å². The third kappa shape index (κ3) is 5.45. The Bertz CT molecular complexity index is 664. The molecular formula is C21H30O4. The predicted octanol–water partition coefficient (Wildman–Crippen LogP) is 5.14. The van der Waals surface area contributed by atoms with Gasteiger partial charge >= 0.3 is 0 Å². The minimum atomic E-state index is -0.808. The predicted molar refractivity (Wildman–Crippen MR) is 100 cm³/mol. The molecule has 4 heteroatoms. The lowest BCUT2D eigenvalue weighted by Gasteiger charge is -2.25. The first-order valence-corrected chi connectivity index (χ1v) is 8.75. The lowest BCUT2D eigenvalue weighted by molar-refractivity contribution is -0.124. The van der Waals surface area contributed by atoms with E-state index in [4.69, 9.17) is 0 Å². The number of rotatable bonds is 7. The summed E-state index contributed by atoms with van der Waals surface area (Å²) < 4.78 is 0. The van der Waals surface area contributed by atoms with E-state index in [1.165, 1.54) is 0 Å². The molecule has 0 saturated carbocycles. The van der Waals surface area contributed by atoms with Crippen molar-refractivity contribution in [2.75, 3.05) is 0 Å². The standard InChI is InChI=1S/C21H30O4/c1-12(2)7-9-15-19(23)16(10-8-13(3)4)21(25)18(20(15)24)17(22)11-14(5)6/h7-8,14-15,23,25H,9-11H2,1-6H3/t15-/m0/s1. The molecule has 0 spiro atoms. The van der Waals surface area contributed by atoms with Crippen molar-refractivity contribution in [3.05, 3.63) is 46.0 Å². The topological polar surface area (TPSA) is 74.6 Å². The number of aliphatic hydroxyl groups excluding tert-OH is 2. The quantitative estimate of drug-likeness (QED) is 0.494. The number of hydrogen-bond acceptors (Lipinski definition) is 4. The van der Waals surface area contributed by atoms with Crippen LogP contribution >= 0.6 is 0 Å². The molecule has 1 rings (SSSR count). The Labute approximate surface area is 150 Å². The Morgan fingerprint density at radius 3 is 2.12 bits per heavy atom. The van der Waals surface area contributed by atoms with Crippen molar-refractivity contribution in [3.8, 4) is 0 Å². The molecule has 1 atom stereocenters. The largest absolute Gasteiger partial charge is 0.511 e. The van der Waals surface area contributed by atoms with Crippen molar-refractivity contribution in [3.63, 3.8) is 0 Å². The average molecular weight is 346 g/mol. The number of allylic oxidation sites excluding steroid dienone is 7. The molecule has 0 fully saturated rings. The molecule has 0 aromatic carbocycles. The fourth-order valence-corrected chi connectivity index (χ4v) is 2.72. The highest BCUT2D eigenvalue weighted by molar-refractivity contribution is 6.23. The molecule has 138 valence electrons. The maximum absolute atomic E-state index is 12.8. The molecular weight excluding hydrogens is 316 g/mol. The van der Waals surface area contributed by atoms with E-state index in [-0.39, 0.29) is 47.2 Å². The summed E-state index contributed by atoms with van der Waals surface area (Å²) >= 11 is 0. The zero-order valence-corrected chi connectivity index (χ0v) is 16.1. The zero-order chi connectivity index (χ0) is 19.3. The van der Waals surface area contributed by atoms with Crippen molar-refractivity contribution in [2.24, 2.45) is 11.8 Å². The summed E-state index contributed by atoms with van der Waals surface area (Å²) in [5.41, 5.74) is 2.18. The first-order chi connectivity index (χ1) is 11.6. The molecule has 1 aliphatic rings. The van der Waals surface area contributed by atoms with Gasteiger partial charge in [-0.25, -0.2) is 0 Å². The summed E-state index contributed by atoms with van der Waals surface area (Å²) in [5.74, 6) is -2.06. The van der Waals surface area contributed by atoms with Crippen molar-refractivity contribution in [2.45, 2.75) is 60.8 Å². The van der Waals surface area contributed by atoms with Crippen molar-refractivity contribution < 1.29 is 19.8 Å².